The van der Waals surface area contributed by atoms with Gasteiger partial charge >= 0.3 is 16.9 Å². The second-order valence-corrected chi connectivity index (χ2v) is 2.48. The second kappa shape index (κ2) is 3.47. The van der Waals surface area contributed by atoms with E-state index < -0.39 is 16.9 Å². The van der Waals surface area contributed by atoms with E-state index in [9.17, 15) is 14.4 Å². The van der Waals surface area contributed by atoms with Crippen molar-refractivity contribution in [2.24, 2.45) is 0 Å². The Morgan fingerprint density at radius 2 is 1.80 bits per heavy atom. The van der Waals surface area contributed by atoms with Crippen LogP contribution in [0.25, 0.3) is 16.1 Å². The highest BCUT2D eigenvalue weighted by Crippen LogP contribution is 1.91. The quantitative estimate of drug-likeness (QED) is 0.494. The fraction of sp³-hybridized carbons (Fsp3) is 0. The van der Waals surface area contributed by atoms with Gasteiger partial charge in [-0.25, -0.2) is 9.59 Å². The molecule has 0 aliphatic heterocycles. The number of fused-ring (bicyclic) bond motifs is 1. The molecule has 9 heteroatoms. The summed E-state index contributed by atoms with van der Waals surface area (Å²) in [5, 5.41) is 0. The number of aromatic nitrogens is 4. The number of H-pyrrole nitrogens is 3. The molecule has 0 atom stereocenters. The summed E-state index contributed by atoms with van der Waals surface area (Å²) in [6, 6.07) is 0. The third-order valence-electron chi connectivity index (χ3n) is 1.66. The maximum Gasteiger partial charge on any atom is 0.398 e. The lowest BCUT2D eigenvalue weighted by atomic mass is 10.5. The van der Waals surface area contributed by atoms with Crippen molar-refractivity contribution < 1.29 is 0 Å². The lowest BCUT2D eigenvalue weighted by Crippen LogP contribution is -2.30. The summed E-state index contributed by atoms with van der Waals surface area (Å²) in [4.78, 5) is 42.4. The van der Waals surface area contributed by atoms with E-state index in [1.54, 1.807) is 0 Å². The Morgan fingerprint density at radius 1 is 1.13 bits per heavy atom. The van der Waals surface area contributed by atoms with Gasteiger partial charge in [0, 0.05) is 0 Å². The standard InChI is InChI=1S/C6H3N5O3.ClH/c1-7-11-4(12)2-3(10-6(11)14)9-5(13)8-2;/h(H,10,14)(H2,8,9,13);1H. The van der Waals surface area contributed by atoms with Crippen molar-refractivity contribution in [2.75, 3.05) is 0 Å². The SMILES string of the molecule is Cl.[C-]#[N+]n1c(=O)[nH]c2[nH]c(=O)[nH]c2c1=O. The van der Waals surface area contributed by atoms with E-state index in [2.05, 4.69) is 19.9 Å². The first-order valence-corrected chi connectivity index (χ1v) is 3.48. The number of aromatic amines is 3. The first-order chi connectivity index (χ1) is 6.63. The number of rotatable bonds is 0. The van der Waals surface area contributed by atoms with E-state index in [0.29, 0.717) is 4.68 Å². The molecular weight excluding hydrogens is 226 g/mol. The lowest BCUT2D eigenvalue weighted by molar-refractivity contribution is 0.891. The molecule has 2 heterocycles. The summed E-state index contributed by atoms with van der Waals surface area (Å²) in [7, 11) is 0. The van der Waals surface area contributed by atoms with Crippen molar-refractivity contribution >= 4 is 23.6 Å². The van der Waals surface area contributed by atoms with Crippen LogP contribution in [0.4, 0.5) is 0 Å². The van der Waals surface area contributed by atoms with Crippen molar-refractivity contribution in [3.63, 3.8) is 0 Å². The molecule has 0 saturated carbocycles. The van der Waals surface area contributed by atoms with Crippen LogP contribution in [0.2, 0.25) is 0 Å². The number of hydrogen-bond donors (Lipinski definition) is 3. The zero-order chi connectivity index (χ0) is 10.3. The smallest absolute Gasteiger partial charge is 0.300 e. The van der Waals surface area contributed by atoms with Crippen molar-refractivity contribution in [1.29, 1.82) is 0 Å². The van der Waals surface area contributed by atoms with E-state index >= 15 is 0 Å². The first-order valence-electron chi connectivity index (χ1n) is 3.48. The zero-order valence-electron chi connectivity index (χ0n) is 7.03. The van der Waals surface area contributed by atoms with Gasteiger partial charge in [0.05, 0.1) is 4.68 Å². The van der Waals surface area contributed by atoms with Crippen LogP contribution in [0.1, 0.15) is 0 Å². The average Bonchev–Trinajstić information content (AvgIpc) is 2.47. The Bertz CT molecular complexity index is 711. The summed E-state index contributed by atoms with van der Waals surface area (Å²) < 4.78 is 0.298. The number of nitrogens with zero attached hydrogens (tertiary/aromatic N) is 2. The molecule has 0 aliphatic rings. The maximum absolute atomic E-state index is 11.3. The number of halogens is 1. The molecule has 0 unspecified atom stereocenters. The van der Waals surface area contributed by atoms with Gasteiger partial charge in [-0.3, -0.25) is 19.7 Å². The van der Waals surface area contributed by atoms with Crippen molar-refractivity contribution in [1.82, 2.24) is 19.6 Å². The normalized spacial score (nSPS) is 9.53. The molecule has 15 heavy (non-hydrogen) atoms. The molecule has 0 spiro atoms. The van der Waals surface area contributed by atoms with Crippen LogP contribution in [0.3, 0.4) is 0 Å². The highest BCUT2D eigenvalue weighted by atomic mass is 35.5. The molecule has 0 aromatic carbocycles. The minimum atomic E-state index is -0.882. The summed E-state index contributed by atoms with van der Waals surface area (Å²) in [5.41, 5.74) is -2.48. The average molecular weight is 230 g/mol. The minimum absolute atomic E-state index is 0. The van der Waals surface area contributed by atoms with Crippen molar-refractivity contribution in [3.05, 3.63) is 42.8 Å². The van der Waals surface area contributed by atoms with E-state index in [1.807, 2.05) is 0 Å². The fourth-order valence-corrected chi connectivity index (χ4v) is 1.09. The van der Waals surface area contributed by atoms with Crippen molar-refractivity contribution in [2.45, 2.75) is 0 Å². The van der Waals surface area contributed by atoms with Crippen molar-refractivity contribution in [3.8, 4) is 0 Å². The lowest BCUT2D eigenvalue weighted by Gasteiger charge is -1.87. The van der Waals surface area contributed by atoms with Crippen LogP contribution in [0.5, 0.6) is 0 Å². The molecule has 2 rings (SSSR count). The number of hydrogen-bond acceptors (Lipinski definition) is 3. The van der Waals surface area contributed by atoms with Gasteiger partial charge in [0.1, 0.15) is 5.65 Å². The van der Waals surface area contributed by atoms with Gasteiger partial charge in [-0.15, -0.1) is 17.4 Å². The molecule has 0 radical (unpaired) electrons. The third-order valence-corrected chi connectivity index (χ3v) is 1.66. The zero-order valence-corrected chi connectivity index (χ0v) is 7.84. The van der Waals surface area contributed by atoms with Gasteiger partial charge in [-0.2, -0.15) is 6.57 Å². The van der Waals surface area contributed by atoms with E-state index in [0.717, 1.165) is 0 Å². The van der Waals surface area contributed by atoms with Crippen LogP contribution in [0, 0.1) is 6.57 Å². The van der Waals surface area contributed by atoms with Crippen LogP contribution in [0.15, 0.2) is 14.4 Å². The molecule has 0 bridgehead atoms. The number of imidazole rings is 1. The molecule has 0 fully saturated rings. The Labute approximate surface area is 86.8 Å². The predicted molar refractivity (Wildman–Crippen MR) is 53.0 cm³/mol. The molecule has 2 aromatic rings. The van der Waals surface area contributed by atoms with Gasteiger partial charge in [0.2, 0.25) is 0 Å². The van der Waals surface area contributed by atoms with Gasteiger partial charge < -0.3 is 0 Å². The van der Waals surface area contributed by atoms with Crippen LogP contribution in [-0.4, -0.2) is 19.6 Å². The topological polar surface area (TPSA) is 108 Å². The predicted octanol–water partition coefficient (Wildman–Crippen LogP) is -1.19. The monoisotopic (exact) mass is 229 g/mol. The Balaban J connectivity index is 0.00000112. The van der Waals surface area contributed by atoms with Gasteiger partial charge in [0.25, 0.3) is 0 Å². The Hall–Kier alpha value is -2.27. The summed E-state index contributed by atoms with van der Waals surface area (Å²) >= 11 is 0. The van der Waals surface area contributed by atoms with Gasteiger partial charge in [-0.05, 0) is 0 Å². The Morgan fingerprint density at radius 3 is 2.40 bits per heavy atom. The minimum Gasteiger partial charge on any atom is -0.300 e. The second-order valence-electron chi connectivity index (χ2n) is 2.48. The molecule has 8 nitrogen and oxygen atoms in total. The van der Waals surface area contributed by atoms with E-state index in [4.69, 9.17) is 6.57 Å². The number of nitrogens with one attached hydrogen (secondary N) is 3. The summed E-state index contributed by atoms with van der Waals surface area (Å²) in [5.74, 6) is 0. The maximum atomic E-state index is 11.3. The molecule has 2 aromatic heterocycles. The van der Waals surface area contributed by atoms with Gasteiger partial charge in [-0.1, -0.05) is 0 Å². The van der Waals surface area contributed by atoms with Crippen LogP contribution >= 0.6 is 12.4 Å². The third kappa shape index (κ3) is 1.44. The fourth-order valence-electron chi connectivity index (χ4n) is 1.09. The summed E-state index contributed by atoms with van der Waals surface area (Å²) in [6.07, 6.45) is 0. The molecule has 0 saturated heterocycles. The van der Waals surface area contributed by atoms with Crippen LogP contribution < -0.4 is 16.9 Å². The highest BCUT2D eigenvalue weighted by Gasteiger charge is 2.12. The van der Waals surface area contributed by atoms with Crippen LogP contribution in [-0.2, 0) is 0 Å². The highest BCUT2D eigenvalue weighted by molar-refractivity contribution is 5.85. The molecule has 78 valence electrons. The van der Waals surface area contributed by atoms with E-state index in [1.165, 1.54) is 0 Å². The summed E-state index contributed by atoms with van der Waals surface area (Å²) in [6.45, 7) is 6.57. The van der Waals surface area contributed by atoms with Gasteiger partial charge in [0.15, 0.2) is 5.52 Å². The largest absolute Gasteiger partial charge is 0.398 e. The molecule has 0 amide bonds. The Kier molecular flexibility index (Phi) is 2.50. The molecular formula is C6H4ClN5O3. The first kappa shape index (κ1) is 10.8. The molecule has 0 aliphatic carbocycles. The van der Waals surface area contributed by atoms with E-state index in [-0.39, 0.29) is 23.6 Å². The molecule has 3 N–H and O–H groups in total.